The fourth-order valence-electron chi connectivity index (χ4n) is 1.35. The summed E-state index contributed by atoms with van der Waals surface area (Å²) in [5.41, 5.74) is 3.27. The number of benzene rings is 1. The first kappa shape index (κ1) is 12.2. The number of hydrogen-bond acceptors (Lipinski definition) is 3. The number of hydroxylamine groups is 1. The summed E-state index contributed by atoms with van der Waals surface area (Å²) in [5, 5.41) is 0. The van der Waals surface area contributed by atoms with Crippen LogP contribution in [0.15, 0.2) is 48.8 Å². The SMILES string of the molecule is O=C(NOCc1ccccc1)c1cncc(F)c1. The van der Waals surface area contributed by atoms with E-state index < -0.39 is 11.7 Å². The van der Waals surface area contributed by atoms with Crippen LogP contribution in [0.2, 0.25) is 0 Å². The van der Waals surface area contributed by atoms with E-state index in [0.29, 0.717) is 0 Å². The van der Waals surface area contributed by atoms with Gasteiger partial charge in [-0.05, 0) is 11.6 Å². The highest BCUT2D eigenvalue weighted by atomic mass is 19.1. The lowest BCUT2D eigenvalue weighted by Crippen LogP contribution is -2.23. The first-order chi connectivity index (χ1) is 8.75. The van der Waals surface area contributed by atoms with Gasteiger partial charge in [-0.1, -0.05) is 30.3 Å². The highest BCUT2D eigenvalue weighted by Crippen LogP contribution is 2.02. The predicted octanol–water partition coefficient (Wildman–Crippen LogP) is 2.08. The number of nitrogens with one attached hydrogen (secondary N) is 1. The van der Waals surface area contributed by atoms with Crippen LogP contribution in [0.1, 0.15) is 15.9 Å². The summed E-state index contributed by atoms with van der Waals surface area (Å²) < 4.78 is 12.8. The van der Waals surface area contributed by atoms with Crippen molar-refractivity contribution >= 4 is 5.91 Å². The van der Waals surface area contributed by atoms with E-state index in [1.54, 1.807) is 0 Å². The molecule has 0 aliphatic carbocycles. The lowest BCUT2D eigenvalue weighted by molar-refractivity contribution is 0.0233. The van der Waals surface area contributed by atoms with E-state index in [9.17, 15) is 9.18 Å². The Hall–Kier alpha value is -2.27. The molecule has 2 aromatic rings. The first-order valence-corrected chi connectivity index (χ1v) is 5.32. The minimum absolute atomic E-state index is 0.114. The van der Waals surface area contributed by atoms with Crippen LogP contribution in [-0.4, -0.2) is 10.9 Å². The summed E-state index contributed by atoms with van der Waals surface area (Å²) in [6, 6.07) is 10.5. The normalized spacial score (nSPS) is 10.1. The Morgan fingerprint density at radius 3 is 2.78 bits per heavy atom. The molecule has 92 valence electrons. The molecule has 0 unspecified atom stereocenters. The van der Waals surface area contributed by atoms with Gasteiger partial charge in [0.1, 0.15) is 5.82 Å². The van der Waals surface area contributed by atoms with Gasteiger partial charge >= 0.3 is 0 Å². The second-order valence-electron chi connectivity index (χ2n) is 3.60. The van der Waals surface area contributed by atoms with Gasteiger partial charge in [-0.2, -0.15) is 0 Å². The molecule has 5 heteroatoms. The van der Waals surface area contributed by atoms with Gasteiger partial charge in [0.25, 0.3) is 5.91 Å². The van der Waals surface area contributed by atoms with Crippen LogP contribution in [0.4, 0.5) is 4.39 Å². The zero-order chi connectivity index (χ0) is 12.8. The zero-order valence-corrected chi connectivity index (χ0v) is 9.47. The number of pyridine rings is 1. The molecule has 2 rings (SSSR count). The Kier molecular flexibility index (Phi) is 3.98. The molecule has 1 heterocycles. The number of nitrogens with zero attached hydrogens (tertiary/aromatic N) is 1. The van der Waals surface area contributed by atoms with Crippen LogP contribution < -0.4 is 5.48 Å². The monoisotopic (exact) mass is 246 g/mol. The largest absolute Gasteiger partial charge is 0.276 e. The average Bonchev–Trinajstić information content (AvgIpc) is 2.40. The second kappa shape index (κ2) is 5.88. The molecule has 0 radical (unpaired) electrons. The van der Waals surface area contributed by atoms with Gasteiger partial charge in [0.05, 0.1) is 18.4 Å². The molecule has 0 saturated carbocycles. The molecule has 0 spiro atoms. The molecule has 0 fully saturated rings. The molecule has 4 nitrogen and oxygen atoms in total. The number of hydrogen-bond donors (Lipinski definition) is 1. The summed E-state index contributed by atoms with van der Waals surface area (Å²) in [5.74, 6) is -1.09. The minimum Gasteiger partial charge on any atom is -0.269 e. The summed E-state index contributed by atoms with van der Waals surface area (Å²) in [7, 11) is 0. The minimum atomic E-state index is -0.564. The molecule has 18 heavy (non-hydrogen) atoms. The van der Waals surface area contributed by atoms with Crippen molar-refractivity contribution in [2.24, 2.45) is 0 Å². The smallest absolute Gasteiger partial charge is 0.269 e. The summed E-state index contributed by atoms with van der Waals surface area (Å²) >= 11 is 0. The fourth-order valence-corrected chi connectivity index (χ4v) is 1.35. The molecule has 0 atom stereocenters. The van der Waals surface area contributed by atoms with Gasteiger partial charge in [-0.25, -0.2) is 9.87 Å². The van der Waals surface area contributed by atoms with Crippen LogP contribution >= 0.6 is 0 Å². The summed E-state index contributed by atoms with van der Waals surface area (Å²) in [6.07, 6.45) is 2.30. The average molecular weight is 246 g/mol. The summed E-state index contributed by atoms with van der Waals surface area (Å²) in [6.45, 7) is 0.245. The van der Waals surface area contributed by atoms with Gasteiger partial charge in [-0.15, -0.1) is 0 Å². The van der Waals surface area contributed by atoms with E-state index in [1.807, 2.05) is 30.3 Å². The standard InChI is InChI=1S/C13H11FN2O2/c14-12-6-11(7-15-8-12)13(17)16-18-9-10-4-2-1-3-5-10/h1-8H,9H2,(H,16,17). The van der Waals surface area contributed by atoms with Crippen molar-refractivity contribution in [3.05, 3.63) is 65.7 Å². The molecular formula is C13H11FN2O2. The molecular weight excluding hydrogens is 235 g/mol. The maximum atomic E-state index is 12.8. The number of rotatable bonds is 4. The van der Waals surface area contributed by atoms with E-state index >= 15 is 0 Å². The number of halogens is 1. The van der Waals surface area contributed by atoms with Crippen LogP contribution in [-0.2, 0) is 11.4 Å². The Morgan fingerprint density at radius 1 is 1.28 bits per heavy atom. The van der Waals surface area contributed by atoms with Crippen molar-refractivity contribution in [1.82, 2.24) is 10.5 Å². The van der Waals surface area contributed by atoms with Crippen molar-refractivity contribution in [1.29, 1.82) is 0 Å². The second-order valence-corrected chi connectivity index (χ2v) is 3.60. The molecule has 1 amide bonds. The van der Waals surface area contributed by atoms with Crippen LogP contribution in [0.25, 0.3) is 0 Å². The van der Waals surface area contributed by atoms with E-state index in [2.05, 4.69) is 10.5 Å². The molecule has 1 aromatic carbocycles. The third-order valence-corrected chi connectivity index (χ3v) is 2.21. The number of aromatic nitrogens is 1. The van der Waals surface area contributed by atoms with E-state index in [4.69, 9.17) is 4.84 Å². The Bertz CT molecular complexity index is 532. The Labute approximate surface area is 103 Å². The van der Waals surface area contributed by atoms with Crippen LogP contribution in [0, 0.1) is 5.82 Å². The zero-order valence-electron chi connectivity index (χ0n) is 9.47. The Balaban J connectivity index is 1.86. The van der Waals surface area contributed by atoms with Crippen molar-refractivity contribution in [3.63, 3.8) is 0 Å². The lowest BCUT2D eigenvalue weighted by Gasteiger charge is -2.05. The lowest BCUT2D eigenvalue weighted by atomic mass is 10.2. The van der Waals surface area contributed by atoms with E-state index in [1.165, 1.54) is 6.20 Å². The van der Waals surface area contributed by atoms with Crippen LogP contribution in [0.5, 0.6) is 0 Å². The van der Waals surface area contributed by atoms with Crippen molar-refractivity contribution < 1.29 is 14.0 Å². The van der Waals surface area contributed by atoms with E-state index in [-0.39, 0.29) is 12.2 Å². The molecule has 0 aliphatic rings. The quantitative estimate of drug-likeness (QED) is 0.840. The third kappa shape index (κ3) is 3.36. The van der Waals surface area contributed by atoms with Gasteiger partial charge in [0, 0.05) is 6.20 Å². The molecule has 0 bridgehead atoms. The van der Waals surface area contributed by atoms with Crippen LogP contribution in [0.3, 0.4) is 0 Å². The number of amides is 1. The predicted molar refractivity (Wildman–Crippen MR) is 62.9 cm³/mol. The molecule has 1 aromatic heterocycles. The van der Waals surface area contributed by atoms with E-state index in [0.717, 1.165) is 17.8 Å². The highest BCUT2D eigenvalue weighted by Gasteiger charge is 2.06. The van der Waals surface area contributed by atoms with Crippen molar-refractivity contribution in [2.75, 3.05) is 0 Å². The maximum Gasteiger partial charge on any atom is 0.276 e. The fraction of sp³-hybridized carbons (Fsp3) is 0.0769. The van der Waals surface area contributed by atoms with Gasteiger partial charge in [0.2, 0.25) is 0 Å². The van der Waals surface area contributed by atoms with Crippen molar-refractivity contribution in [3.8, 4) is 0 Å². The Morgan fingerprint density at radius 2 is 2.06 bits per heavy atom. The molecule has 1 N–H and O–H groups in total. The molecule has 0 saturated heterocycles. The molecule has 0 aliphatic heterocycles. The topological polar surface area (TPSA) is 51.2 Å². The number of carbonyl (C=O) groups excluding carboxylic acids is 1. The highest BCUT2D eigenvalue weighted by molar-refractivity contribution is 5.93. The maximum absolute atomic E-state index is 12.8. The number of carbonyl (C=O) groups is 1. The first-order valence-electron chi connectivity index (χ1n) is 5.32. The van der Waals surface area contributed by atoms with Crippen molar-refractivity contribution in [2.45, 2.75) is 6.61 Å². The van der Waals surface area contributed by atoms with Gasteiger partial charge in [-0.3, -0.25) is 14.6 Å². The third-order valence-electron chi connectivity index (χ3n) is 2.21. The van der Waals surface area contributed by atoms with Gasteiger partial charge < -0.3 is 0 Å². The summed E-state index contributed by atoms with van der Waals surface area (Å²) in [4.78, 5) is 20.2. The van der Waals surface area contributed by atoms with Gasteiger partial charge in [0.15, 0.2) is 0 Å².